The van der Waals surface area contributed by atoms with Crippen molar-refractivity contribution in [3.63, 3.8) is 0 Å². The van der Waals surface area contributed by atoms with E-state index in [4.69, 9.17) is 10.8 Å². The first-order valence-electron chi connectivity index (χ1n) is 5.44. The molecule has 6 heteroatoms. The normalized spacial score (nSPS) is 13.5. The Labute approximate surface area is 102 Å². The summed E-state index contributed by atoms with van der Waals surface area (Å²) < 4.78 is 26.4. The van der Waals surface area contributed by atoms with Gasteiger partial charge in [-0.05, 0) is 38.0 Å². The molecule has 0 fully saturated rings. The fourth-order valence-corrected chi connectivity index (χ4v) is 2.80. The van der Waals surface area contributed by atoms with Crippen molar-refractivity contribution in [3.8, 4) is 0 Å². The zero-order valence-corrected chi connectivity index (χ0v) is 10.6. The number of anilines is 1. The third-order valence-corrected chi connectivity index (χ3v) is 3.91. The van der Waals surface area contributed by atoms with Gasteiger partial charge < -0.3 is 10.8 Å². The average molecular weight is 258 g/mol. The van der Waals surface area contributed by atoms with Crippen LogP contribution in [0, 0.1) is 0 Å². The first kappa shape index (κ1) is 14.0. The number of hydrogen-bond acceptors (Lipinski definition) is 4. The zero-order chi connectivity index (χ0) is 12.9. The SMILES string of the molecule is CC(CCCO)NS(=O)(=O)c1cccc(N)c1. The molecule has 0 aromatic heterocycles. The molecule has 0 radical (unpaired) electrons. The Morgan fingerprint density at radius 1 is 1.47 bits per heavy atom. The van der Waals surface area contributed by atoms with Crippen LogP contribution < -0.4 is 10.5 Å². The number of benzene rings is 1. The average Bonchev–Trinajstić information content (AvgIpc) is 2.26. The number of sulfonamides is 1. The Kier molecular flexibility index (Phi) is 4.92. The largest absolute Gasteiger partial charge is 0.399 e. The molecular formula is C11H18N2O3S. The summed E-state index contributed by atoms with van der Waals surface area (Å²) in [4.78, 5) is 0.161. The van der Waals surface area contributed by atoms with Crippen molar-refractivity contribution in [1.82, 2.24) is 4.72 Å². The molecule has 1 unspecified atom stereocenters. The molecule has 0 amide bonds. The number of aliphatic hydroxyl groups excluding tert-OH is 1. The molecular weight excluding hydrogens is 240 g/mol. The predicted octanol–water partition coefficient (Wildman–Crippen LogP) is 0.708. The van der Waals surface area contributed by atoms with E-state index >= 15 is 0 Å². The highest BCUT2D eigenvalue weighted by molar-refractivity contribution is 7.89. The molecule has 17 heavy (non-hydrogen) atoms. The van der Waals surface area contributed by atoms with Crippen molar-refractivity contribution in [1.29, 1.82) is 0 Å². The topological polar surface area (TPSA) is 92.4 Å². The highest BCUT2D eigenvalue weighted by Gasteiger charge is 2.16. The van der Waals surface area contributed by atoms with Crippen LogP contribution in [0.5, 0.6) is 0 Å². The molecule has 1 atom stereocenters. The Morgan fingerprint density at radius 3 is 2.76 bits per heavy atom. The Hall–Kier alpha value is -1.11. The number of hydrogen-bond donors (Lipinski definition) is 3. The summed E-state index contributed by atoms with van der Waals surface area (Å²) in [7, 11) is -3.52. The molecule has 1 aromatic carbocycles. The molecule has 0 bridgehead atoms. The summed E-state index contributed by atoms with van der Waals surface area (Å²) in [5.74, 6) is 0. The maximum atomic E-state index is 11.9. The standard InChI is InChI=1S/C11H18N2O3S/c1-9(4-3-7-14)13-17(15,16)11-6-2-5-10(12)8-11/h2,5-6,8-9,13-14H,3-4,7,12H2,1H3. The van der Waals surface area contributed by atoms with Gasteiger partial charge in [-0.1, -0.05) is 6.07 Å². The number of aliphatic hydroxyl groups is 1. The van der Waals surface area contributed by atoms with E-state index < -0.39 is 10.0 Å². The number of nitrogens with one attached hydrogen (secondary N) is 1. The maximum Gasteiger partial charge on any atom is 0.240 e. The second-order valence-electron chi connectivity index (χ2n) is 3.96. The van der Waals surface area contributed by atoms with Crippen LogP contribution in [0.1, 0.15) is 19.8 Å². The van der Waals surface area contributed by atoms with Crippen LogP contribution >= 0.6 is 0 Å². The van der Waals surface area contributed by atoms with Crippen molar-refractivity contribution in [3.05, 3.63) is 24.3 Å². The third kappa shape index (κ3) is 4.33. The number of nitrogens with two attached hydrogens (primary N) is 1. The van der Waals surface area contributed by atoms with Crippen LogP contribution in [-0.4, -0.2) is 26.2 Å². The monoisotopic (exact) mass is 258 g/mol. The van der Waals surface area contributed by atoms with Gasteiger partial charge in [0.1, 0.15) is 0 Å². The lowest BCUT2D eigenvalue weighted by Gasteiger charge is -2.13. The lowest BCUT2D eigenvalue weighted by Crippen LogP contribution is -2.32. The molecule has 0 spiro atoms. The second-order valence-corrected chi connectivity index (χ2v) is 5.67. The summed E-state index contributed by atoms with van der Waals surface area (Å²) in [5, 5.41) is 8.67. The van der Waals surface area contributed by atoms with Gasteiger partial charge in [-0.3, -0.25) is 0 Å². The molecule has 0 heterocycles. The van der Waals surface area contributed by atoms with Gasteiger partial charge >= 0.3 is 0 Å². The van der Waals surface area contributed by atoms with E-state index in [1.807, 2.05) is 0 Å². The molecule has 4 N–H and O–H groups in total. The Balaban J connectivity index is 2.75. The van der Waals surface area contributed by atoms with Crippen LogP contribution in [0.25, 0.3) is 0 Å². The summed E-state index contributed by atoms with van der Waals surface area (Å²) in [6.07, 6.45) is 1.17. The third-order valence-electron chi connectivity index (χ3n) is 2.32. The number of rotatable bonds is 6. The van der Waals surface area contributed by atoms with Crippen molar-refractivity contribution < 1.29 is 13.5 Å². The lowest BCUT2D eigenvalue weighted by molar-refractivity contribution is 0.279. The van der Waals surface area contributed by atoms with Crippen molar-refractivity contribution in [2.24, 2.45) is 0 Å². The van der Waals surface area contributed by atoms with E-state index in [0.717, 1.165) is 0 Å². The molecule has 0 aliphatic heterocycles. The minimum atomic E-state index is -3.52. The molecule has 1 aromatic rings. The van der Waals surface area contributed by atoms with Crippen LogP contribution in [0.3, 0.4) is 0 Å². The smallest absolute Gasteiger partial charge is 0.240 e. The lowest BCUT2D eigenvalue weighted by atomic mass is 10.2. The first-order chi connectivity index (χ1) is 7.95. The van der Waals surface area contributed by atoms with Gasteiger partial charge in [0.05, 0.1) is 4.90 Å². The molecule has 0 aliphatic carbocycles. The van der Waals surface area contributed by atoms with Gasteiger partial charge in [0.25, 0.3) is 0 Å². The van der Waals surface area contributed by atoms with Crippen LogP contribution in [-0.2, 0) is 10.0 Å². The molecule has 96 valence electrons. The predicted molar refractivity (Wildman–Crippen MR) is 67.0 cm³/mol. The second kappa shape index (κ2) is 6.00. The van der Waals surface area contributed by atoms with E-state index in [-0.39, 0.29) is 17.5 Å². The van der Waals surface area contributed by atoms with Crippen LogP contribution in [0.15, 0.2) is 29.2 Å². The molecule has 5 nitrogen and oxygen atoms in total. The molecule has 0 aliphatic rings. The van der Waals surface area contributed by atoms with E-state index in [9.17, 15) is 8.42 Å². The van der Waals surface area contributed by atoms with Crippen LogP contribution in [0.4, 0.5) is 5.69 Å². The zero-order valence-electron chi connectivity index (χ0n) is 9.76. The van der Waals surface area contributed by atoms with E-state index in [1.165, 1.54) is 12.1 Å². The van der Waals surface area contributed by atoms with Gasteiger partial charge in [0, 0.05) is 18.3 Å². The van der Waals surface area contributed by atoms with Crippen molar-refractivity contribution in [2.45, 2.75) is 30.7 Å². The van der Waals surface area contributed by atoms with E-state index in [2.05, 4.69) is 4.72 Å². The van der Waals surface area contributed by atoms with Gasteiger partial charge in [0.2, 0.25) is 10.0 Å². The first-order valence-corrected chi connectivity index (χ1v) is 6.93. The summed E-state index contributed by atoms with van der Waals surface area (Å²) in [5.41, 5.74) is 5.95. The van der Waals surface area contributed by atoms with Gasteiger partial charge in [-0.2, -0.15) is 0 Å². The Morgan fingerprint density at radius 2 is 2.18 bits per heavy atom. The minimum Gasteiger partial charge on any atom is -0.399 e. The van der Waals surface area contributed by atoms with Crippen molar-refractivity contribution in [2.75, 3.05) is 12.3 Å². The van der Waals surface area contributed by atoms with Crippen molar-refractivity contribution >= 4 is 15.7 Å². The highest BCUT2D eigenvalue weighted by atomic mass is 32.2. The van der Waals surface area contributed by atoms with Crippen LogP contribution in [0.2, 0.25) is 0 Å². The highest BCUT2D eigenvalue weighted by Crippen LogP contribution is 2.13. The fraction of sp³-hybridized carbons (Fsp3) is 0.455. The molecule has 0 saturated heterocycles. The summed E-state index contributed by atoms with van der Waals surface area (Å²) >= 11 is 0. The van der Waals surface area contributed by atoms with E-state index in [1.54, 1.807) is 19.1 Å². The number of nitrogen functional groups attached to an aromatic ring is 1. The van der Waals surface area contributed by atoms with Gasteiger partial charge in [0.15, 0.2) is 0 Å². The summed E-state index contributed by atoms with van der Waals surface area (Å²) in [6.45, 7) is 1.82. The fourth-order valence-electron chi connectivity index (χ4n) is 1.47. The Bertz CT molecular complexity index is 460. The van der Waals surface area contributed by atoms with E-state index in [0.29, 0.717) is 18.5 Å². The maximum absolute atomic E-state index is 11.9. The van der Waals surface area contributed by atoms with Gasteiger partial charge in [-0.25, -0.2) is 13.1 Å². The minimum absolute atomic E-state index is 0.0599. The quantitative estimate of drug-likeness (QED) is 0.655. The molecule has 0 saturated carbocycles. The summed E-state index contributed by atoms with van der Waals surface area (Å²) in [6, 6.07) is 5.93. The van der Waals surface area contributed by atoms with Gasteiger partial charge in [-0.15, -0.1) is 0 Å². The molecule has 1 rings (SSSR count).